The third kappa shape index (κ3) is 5.98. The molecule has 3 aromatic rings. The third-order valence-electron chi connectivity index (χ3n) is 8.42. The molecule has 240 valence electrons. The first kappa shape index (κ1) is 31.9. The zero-order valence-electron chi connectivity index (χ0n) is 25.7. The number of carboxylic acid groups (broad SMARTS) is 1. The summed E-state index contributed by atoms with van der Waals surface area (Å²) in [6, 6.07) is 7.12. The van der Waals surface area contributed by atoms with Crippen LogP contribution in [0.15, 0.2) is 40.5 Å². The minimum absolute atomic E-state index is 0.197. The quantitative estimate of drug-likeness (QED) is 0.134. The second kappa shape index (κ2) is 13.3. The number of carboxylic acids is 1. The summed E-state index contributed by atoms with van der Waals surface area (Å²) in [5, 5.41) is 22.0. The van der Waals surface area contributed by atoms with Crippen molar-refractivity contribution in [1.82, 2.24) is 14.6 Å². The molecule has 0 saturated heterocycles. The molecular formula is C32H39N5O8. The summed E-state index contributed by atoms with van der Waals surface area (Å²) >= 11 is 0. The van der Waals surface area contributed by atoms with Crippen LogP contribution in [0, 0.1) is 0 Å². The molecular weight excluding hydrogens is 582 g/mol. The van der Waals surface area contributed by atoms with Crippen molar-refractivity contribution in [3.63, 3.8) is 0 Å². The Morgan fingerprint density at radius 3 is 2.69 bits per heavy atom. The Morgan fingerprint density at radius 2 is 1.96 bits per heavy atom. The number of fused-ring (bicyclic) bond motifs is 5. The molecule has 13 nitrogen and oxygen atoms in total. The largest absolute Gasteiger partial charge is 0.497 e. The van der Waals surface area contributed by atoms with E-state index in [2.05, 4.69) is 0 Å². The Kier molecular flexibility index (Phi) is 9.42. The van der Waals surface area contributed by atoms with Gasteiger partial charge in [0.25, 0.3) is 5.56 Å². The van der Waals surface area contributed by atoms with Crippen LogP contribution in [-0.4, -0.2) is 56.5 Å². The molecule has 0 fully saturated rings. The number of nitrogens with two attached hydrogens (primary N) is 2. The lowest BCUT2D eigenvalue weighted by atomic mass is 9.97. The third-order valence-corrected chi connectivity index (χ3v) is 8.42. The predicted octanol–water partition coefficient (Wildman–Crippen LogP) is 2.83. The number of cyclic esters (lactones) is 1. The van der Waals surface area contributed by atoms with E-state index in [9.17, 15) is 19.5 Å². The van der Waals surface area contributed by atoms with Gasteiger partial charge in [-0.05, 0) is 49.1 Å². The molecule has 0 spiro atoms. The summed E-state index contributed by atoms with van der Waals surface area (Å²) in [5.74, 6) is 5.49. The van der Waals surface area contributed by atoms with Gasteiger partial charge in [0, 0.05) is 16.5 Å². The van der Waals surface area contributed by atoms with Crippen molar-refractivity contribution in [2.75, 3.05) is 13.7 Å². The van der Waals surface area contributed by atoms with Crippen molar-refractivity contribution in [3.8, 4) is 17.1 Å². The monoisotopic (exact) mass is 621 g/mol. The zero-order valence-corrected chi connectivity index (χ0v) is 25.7. The molecule has 13 heteroatoms. The normalized spacial score (nSPS) is 20.5. The van der Waals surface area contributed by atoms with Gasteiger partial charge < -0.3 is 39.7 Å². The van der Waals surface area contributed by atoms with Crippen LogP contribution in [0.3, 0.4) is 0 Å². The minimum atomic E-state index is -1.55. The van der Waals surface area contributed by atoms with E-state index >= 15 is 0 Å². The van der Waals surface area contributed by atoms with Crippen LogP contribution in [0.4, 0.5) is 0 Å². The fourth-order valence-electron chi connectivity index (χ4n) is 6.20. The SMILES string of the molecule is CC.COc1ccc2nc3c(c(CN(N)/C4=C(\N)C(OCC(=O)O)CCCCC4)c2c1)Cn1c-3cc2c(c1=O)COC(=O)C2O. The number of hydrogen-bond donors (Lipinski definition) is 4. The van der Waals surface area contributed by atoms with Gasteiger partial charge >= 0.3 is 11.9 Å². The van der Waals surface area contributed by atoms with Gasteiger partial charge in [-0.25, -0.2) is 20.4 Å². The Hall–Kier alpha value is -4.46. The number of ether oxygens (including phenoxy) is 3. The summed E-state index contributed by atoms with van der Waals surface area (Å²) < 4.78 is 17.7. The topological polar surface area (TPSA) is 192 Å². The van der Waals surface area contributed by atoms with Gasteiger partial charge in [-0.1, -0.05) is 26.7 Å². The van der Waals surface area contributed by atoms with Gasteiger partial charge in [0.2, 0.25) is 0 Å². The average molecular weight is 622 g/mol. The molecule has 3 aliphatic rings. The van der Waals surface area contributed by atoms with Crippen LogP contribution < -0.4 is 21.9 Å². The first-order valence-electron chi connectivity index (χ1n) is 15.1. The van der Waals surface area contributed by atoms with Crippen molar-refractivity contribution in [3.05, 3.63) is 68.3 Å². The number of hydrazine groups is 1. The fraction of sp³-hybridized carbons (Fsp3) is 0.438. The molecule has 2 aromatic heterocycles. The molecule has 2 unspecified atom stereocenters. The predicted molar refractivity (Wildman–Crippen MR) is 165 cm³/mol. The van der Waals surface area contributed by atoms with Gasteiger partial charge in [-0.2, -0.15) is 0 Å². The van der Waals surface area contributed by atoms with E-state index < -0.39 is 30.8 Å². The molecule has 2 aliphatic heterocycles. The van der Waals surface area contributed by atoms with E-state index in [4.69, 9.17) is 35.9 Å². The number of aliphatic carboxylic acids is 1. The first-order valence-corrected chi connectivity index (χ1v) is 15.1. The van der Waals surface area contributed by atoms with Crippen LogP contribution in [0.25, 0.3) is 22.3 Å². The van der Waals surface area contributed by atoms with Crippen molar-refractivity contribution in [2.24, 2.45) is 11.6 Å². The van der Waals surface area contributed by atoms with Crippen LogP contribution >= 0.6 is 0 Å². The molecule has 0 saturated carbocycles. The molecule has 6 rings (SSSR count). The van der Waals surface area contributed by atoms with Crippen molar-refractivity contribution >= 4 is 22.8 Å². The number of aliphatic hydroxyl groups is 1. The number of esters is 1. The Morgan fingerprint density at radius 1 is 1.18 bits per heavy atom. The molecule has 0 amide bonds. The van der Waals surface area contributed by atoms with Crippen LogP contribution in [0.5, 0.6) is 5.75 Å². The molecule has 0 radical (unpaired) electrons. The Labute approximate surface area is 260 Å². The first-order chi connectivity index (χ1) is 21.7. The maximum absolute atomic E-state index is 13.6. The molecule has 1 aliphatic carbocycles. The lowest BCUT2D eigenvalue weighted by molar-refractivity contribution is -0.157. The maximum atomic E-state index is 13.6. The highest BCUT2D eigenvalue weighted by Crippen LogP contribution is 2.39. The number of rotatable bonds is 7. The summed E-state index contributed by atoms with van der Waals surface area (Å²) in [4.78, 5) is 41.7. The van der Waals surface area contributed by atoms with Gasteiger partial charge in [0.15, 0.2) is 6.10 Å². The maximum Gasteiger partial charge on any atom is 0.340 e. The number of aromatic nitrogens is 2. The molecule has 45 heavy (non-hydrogen) atoms. The van der Waals surface area contributed by atoms with E-state index in [1.54, 1.807) is 28.8 Å². The van der Waals surface area contributed by atoms with Crippen LogP contribution in [-0.2, 0) is 38.8 Å². The molecule has 1 aromatic carbocycles. The lowest BCUT2D eigenvalue weighted by Crippen LogP contribution is -2.36. The second-order valence-corrected chi connectivity index (χ2v) is 11.0. The van der Waals surface area contributed by atoms with Crippen molar-refractivity contribution < 1.29 is 34.0 Å². The number of benzene rings is 1. The number of hydrogen-bond acceptors (Lipinski definition) is 11. The summed E-state index contributed by atoms with van der Waals surface area (Å²) in [6.07, 6.45) is 1.67. The number of methoxy groups -OCH3 is 1. The highest BCUT2D eigenvalue weighted by atomic mass is 16.5. The summed E-state index contributed by atoms with van der Waals surface area (Å²) in [5.41, 5.74) is 11.0. The zero-order chi connectivity index (χ0) is 32.4. The van der Waals surface area contributed by atoms with Crippen molar-refractivity contribution in [1.29, 1.82) is 0 Å². The highest BCUT2D eigenvalue weighted by Gasteiger charge is 2.35. The van der Waals surface area contributed by atoms with Crippen LogP contribution in [0.2, 0.25) is 0 Å². The van der Waals surface area contributed by atoms with E-state index in [-0.39, 0.29) is 36.4 Å². The number of pyridine rings is 2. The number of carbonyl (C=O) groups excluding carboxylic acids is 1. The fourth-order valence-corrected chi connectivity index (χ4v) is 6.20. The molecule has 2 atom stereocenters. The summed E-state index contributed by atoms with van der Waals surface area (Å²) in [6.45, 7) is 3.72. The van der Waals surface area contributed by atoms with Crippen LogP contribution in [0.1, 0.15) is 74.3 Å². The number of aliphatic hydroxyl groups excluding tert-OH is 1. The standard InChI is InChI=1S/C30H33N5O8.C2H6/c1-41-15-7-8-21-16(9-15)18(12-35(32)22-5-3-2-4-6-24(26(22)31)42-14-25(36)37)19-11-34-23(27(19)33-21)10-17-20(29(34)39)13-43-30(40)28(17)38;1-2/h7-10,24,28,38H,2-6,11-14,31-32H2,1H3,(H,36,37);1-2H3/b26-22-;. The Bertz CT molecular complexity index is 1730. The minimum Gasteiger partial charge on any atom is -0.497 e. The summed E-state index contributed by atoms with van der Waals surface area (Å²) in [7, 11) is 1.57. The average Bonchev–Trinajstić information content (AvgIpc) is 3.40. The Balaban J connectivity index is 0.00000196. The van der Waals surface area contributed by atoms with Gasteiger partial charge in [-0.3, -0.25) is 4.79 Å². The molecule has 4 heterocycles. The van der Waals surface area contributed by atoms with E-state index in [0.717, 1.165) is 35.8 Å². The van der Waals surface area contributed by atoms with Gasteiger partial charge in [0.1, 0.15) is 19.0 Å². The van der Waals surface area contributed by atoms with E-state index in [1.165, 1.54) is 0 Å². The van der Waals surface area contributed by atoms with Crippen molar-refractivity contribution in [2.45, 2.75) is 77.9 Å². The molecule has 0 bridgehead atoms. The van der Waals surface area contributed by atoms with E-state index in [0.29, 0.717) is 46.9 Å². The van der Waals surface area contributed by atoms with Gasteiger partial charge in [-0.15, -0.1) is 0 Å². The smallest absolute Gasteiger partial charge is 0.340 e. The van der Waals surface area contributed by atoms with E-state index in [1.807, 2.05) is 26.0 Å². The highest BCUT2D eigenvalue weighted by molar-refractivity contribution is 5.89. The van der Waals surface area contributed by atoms with Gasteiger partial charge in [0.05, 0.1) is 60.2 Å². The molecule has 6 N–H and O–H groups in total. The lowest BCUT2D eigenvalue weighted by Gasteiger charge is -2.30. The number of nitrogens with zero attached hydrogens (tertiary/aromatic N) is 3. The second-order valence-electron chi connectivity index (χ2n) is 11.0. The number of carbonyl (C=O) groups is 2. The number of allylic oxidation sites excluding steroid dienone is 1.